The van der Waals surface area contributed by atoms with Crippen LogP contribution in [-0.4, -0.2) is 18.2 Å². The van der Waals surface area contributed by atoms with E-state index in [2.05, 4.69) is 19.2 Å². The number of hydrogen-bond acceptors (Lipinski definition) is 2. The summed E-state index contributed by atoms with van der Waals surface area (Å²) in [6.45, 7) is 4.79. The summed E-state index contributed by atoms with van der Waals surface area (Å²) in [7, 11) is 0. The van der Waals surface area contributed by atoms with Crippen molar-refractivity contribution < 1.29 is 9.59 Å². The molecule has 3 heteroatoms. The van der Waals surface area contributed by atoms with E-state index in [9.17, 15) is 9.59 Å². The van der Waals surface area contributed by atoms with Gasteiger partial charge in [0, 0.05) is 24.4 Å². The van der Waals surface area contributed by atoms with Crippen molar-refractivity contribution in [1.29, 1.82) is 0 Å². The first kappa shape index (κ1) is 12.8. The molecular formula is C15H19NO2. The quantitative estimate of drug-likeness (QED) is 0.887. The fourth-order valence-corrected chi connectivity index (χ4v) is 2.28. The number of rotatable bonds is 3. The highest BCUT2D eigenvalue weighted by Gasteiger charge is 2.29. The molecule has 3 nitrogen and oxygen atoms in total. The van der Waals surface area contributed by atoms with Crippen LogP contribution in [0.4, 0.5) is 0 Å². The van der Waals surface area contributed by atoms with Gasteiger partial charge in [0.1, 0.15) is 0 Å². The maximum Gasteiger partial charge on any atom is 0.223 e. The molecule has 0 heterocycles. The normalized spacial score (nSPS) is 18.6. The van der Waals surface area contributed by atoms with Crippen LogP contribution in [0, 0.1) is 11.8 Å². The van der Waals surface area contributed by atoms with E-state index in [1.807, 2.05) is 24.3 Å². The van der Waals surface area contributed by atoms with E-state index in [0.717, 1.165) is 11.1 Å². The van der Waals surface area contributed by atoms with Gasteiger partial charge < -0.3 is 5.32 Å². The highest BCUT2D eigenvalue weighted by Crippen LogP contribution is 2.25. The van der Waals surface area contributed by atoms with Crippen molar-refractivity contribution in [3.63, 3.8) is 0 Å². The summed E-state index contributed by atoms with van der Waals surface area (Å²) in [5, 5.41) is 2.91. The molecule has 1 amide bonds. The number of ketones is 1. The van der Waals surface area contributed by atoms with Crippen molar-refractivity contribution in [2.45, 2.75) is 26.7 Å². The van der Waals surface area contributed by atoms with Gasteiger partial charge in [0.25, 0.3) is 0 Å². The maximum atomic E-state index is 12.0. The lowest BCUT2D eigenvalue weighted by molar-refractivity contribution is -0.125. The summed E-state index contributed by atoms with van der Waals surface area (Å²) in [6, 6.07) is 7.57. The molecule has 0 bridgehead atoms. The molecule has 0 saturated carbocycles. The molecule has 0 radical (unpaired) electrons. The zero-order valence-electron chi connectivity index (χ0n) is 10.9. The van der Waals surface area contributed by atoms with E-state index in [0.29, 0.717) is 25.3 Å². The van der Waals surface area contributed by atoms with Gasteiger partial charge >= 0.3 is 0 Å². The molecule has 96 valence electrons. The predicted octanol–water partition coefficient (Wildman–Crippen LogP) is 2.20. The Kier molecular flexibility index (Phi) is 3.80. The van der Waals surface area contributed by atoms with E-state index in [1.165, 1.54) is 0 Å². The number of carbonyl (C=O) groups excluding carboxylic acids is 2. The number of nitrogens with one attached hydrogen (secondary N) is 1. The molecule has 1 aromatic rings. The molecule has 1 atom stereocenters. The third kappa shape index (κ3) is 2.78. The number of amides is 1. The molecular weight excluding hydrogens is 226 g/mol. The Balaban J connectivity index is 2.06. The minimum absolute atomic E-state index is 0.00607. The van der Waals surface area contributed by atoms with Crippen LogP contribution >= 0.6 is 0 Å². The van der Waals surface area contributed by atoms with Crippen molar-refractivity contribution in [2.24, 2.45) is 11.8 Å². The molecule has 1 unspecified atom stereocenters. The van der Waals surface area contributed by atoms with Gasteiger partial charge in [-0.05, 0) is 17.9 Å². The summed E-state index contributed by atoms with van der Waals surface area (Å²) in [6.07, 6.45) is 1.01. The summed E-state index contributed by atoms with van der Waals surface area (Å²) in [5.74, 6) is 0.319. The minimum atomic E-state index is -0.203. The second-order valence-corrected chi connectivity index (χ2v) is 5.32. The average molecular weight is 245 g/mol. The Morgan fingerprint density at radius 3 is 2.78 bits per heavy atom. The third-order valence-corrected chi connectivity index (χ3v) is 3.27. The Labute approximate surface area is 108 Å². The highest BCUT2D eigenvalue weighted by atomic mass is 16.2. The lowest BCUT2D eigenvalue weighted by Crippen LogP contribution is -2.37. The average Bonchev–Trinajstić information content (AvgIpc) is 2.36. The first-order chi connectivity index (χ1) is 8.58. The predicted molar refractivity (Wildman–Crippen MR) is 70.4 cm³/mol. The SMILES string of the molecule is CC(C)CNC(=O)C1CC(=O)c2ccccc2C1. The Bertz CT molecular complexity index is 465. The van der Waals surface area contributed by atoms with Gasteiger partial charge in [0.2, 0.25) is 5.91 Å². The number of fused-ring (bicyclic) bond motifs is 1. The molecule has 0 saturated heterocycles. The van der Waals surface area contributed by atoms with Gasteiger partial charge in [0.15, 0.2) is 5.78 Å². The van der Waals surface area contributed by atoms with Crippen LogP contribution in [-0.2, 0) is 11.2 Å². The Morgan fingerprint density at radius 1 is 1.33 bits per heavy atom. The molecule has 0 aliphatic heterocycles. The van der Waals surface area contributed by atoms with Crippen LogP contribution in [0.3, 0.4) is 0 Å². The maximum absolute atomic E-state index is 12.0. The fourth-order valence-electron chi connectivity index (χ4n) is 2.28. The molecule has 0 fully saturated rings. The topological polar surface area (TPSA) is 46.2 Å². The summed E-state index contributed by atoms with van der Waals surface area (Å²) in [4.78, 5) is 24.0. The number of hydrogen-bond donors (Lipinski definition) is 1. The Hall–Kier alpha value is -1.64. The molecule has 0 aromatic heterocycles. The van der Waals surface area contributed by atoms with Crippen LogP contribution in [0.5, 0.6) is 0 Å². The molecule has 1 N–H and O–H groups in total. The van der Waals surface area contributed by atoms with Gasteiger partial charge in [0.05, 0.1) is 0 Å². The van der Waals surface area contributed by atoms with E-state index in [1.54, 1.807) is 0 Å². The summed E-state index contributed by atoms with van der Waals surface area (Å²) in [5.41, 5.74) is 1.78. The zero-order chi connectivity index (χ0) is 13.1. The second kappa shape index (κ2) is 5.34. The largest absolute Gasteiger partial charge is 0.356 e. The van der Waals surface area contributed by atoms with E-state index < -0.39 is 0 Å². The lowest BCUT2D eigenvalue weighted by atomic mass is 9.82. The molecule has 1 aliphatic rings. The van der Waals surface area contributed by atoms with Gasteiger partial charge in [-0.2, -0.15) is 0 Å². The van der Waals surface area contributed by atoms with Crippen molar-refractivity contribution >= 4 is 11.7 Å². The lowest BCUT2D eigenvalue weighted by Gasteiger charge is -2.23. The van der Waals surface area contributed by atoms with Gasteiger partial charge in [-0.25, -0.2) is 0 Å². The number of carbonyl (C=O) groups is 2. The monoisotopic (exact) mass is 245 g/mol. The zero-order valence-corrected chi connectivity index (χ0v) is 10.9. The standard InChI is InChI=1S/C15H19NO2/c1-10(2)9-16-15(18)12-7-11-5-3-4-6-13(11)14(17)8-12/h3-6,10,12H,7-9H2,1-2H3,(H,16,18). The molecule has 1 aliphatic carbocycles. The van der Waals surface area contributed by atoms with Crippen LogP contribution in [0.1, 0.15) is 36.2 Å². The second-order valence-electron chi connectivity index (χ2n) is 5.32. The van der Waals surface area contributed by atoms with Crippen LogP contribution in [0.15, 0.2) is 24.3 Å². The van der Waals surface area contributed by atoms with Gasteiger partial charge in [-0.1, -0.05) is 38.1 Å². The summed E-state index contributed by atoms with van der Waals surface area (Å²) >= 11 is 0. The van der Waals surface area contributed by atoms with Crippen molar-refractivity contribution in [3.05, 3.63) is 35.4 Å². The Morgan fingerprint density at radius 2 is 2.06 bits per heavy atom. The van der Waals surface area contributed by atoms with Crippen molar-refractivity contribution in [1.82, 2.24) is 5.32 Å². The molecule has 18 heavy (non-hydrogen) atoms. The fraction of sp³-hybridized carbons (Fsp3) is 0.467. The number of Topliss-reactive ketones (excluding diaryl/α,β-unsaturated/α-hetero) is 1. The minimum Gasteiger partial charge on any atom is -0.356 e. The first-order valence-electron chi connectivity index (χ1n) is 6.46. The summed E-state index contributed by atoms with van der Waals surface area (Å²) < 4.78 is 0. The van der Waals surface area contributed by atoms with E-state index in [4.69, 9.17) is 0 Å². The molecule has 0 spiro atoms. The third-order valence-electron chi connectivity index (χ3n) is 3.27. The van der Waals surface area contributed by atoms with Crippen LogP contribution in [0.25, 0.3) is 0 Å². The highest BCUT2D eigenvalue weighted by molar-refractivity contribution is 6.01. The molecule has 2 rings (SSSR count). The van der Waals surface area contributed by atoms with Crippen LogP contribution in [0.2, 0.25) is 0 Å². The van der Waals surface area contributed by atoms with E-state index >= 15 is 0 Å². The first-order valence-corrected chi connectivity index (χ1v) is 6.46. The van der Waals surface area contributed by atoms with E-state index in [-0.39, 0.29) is 17.6 Å². The number of benzene rings is 1. The van der Waals surface area contributed by atoms with Gasteiger partial charge in [-0.15, -0.1) is 0 Å². The molecule has 1 aromatic carbocycles. The van der Waals surface area contributed by atoms with Crippen molar-refractivity contribution in [3.8, 4) is 0 Å². The van der Waals surface area contributed by atoms with Crippen molar-refractivity contribution in [2.75, 3.05) is 6.54 Å². The van der Waals surface area contributed by atoms with Crippen LogP contribution < -0.4 is 5.32 Å². The van der Waals surface area contributed by atoms with Gasteiger partial charge in [-0.3, -0.25) is 9.59 Å². The smallest absolute Gasteiger partial charge is 0.223 e.